The lowest BCUT2D eigenvalue weighted by atomic mass is 10.0. The van der Waals surface area contributed by atoms with Crippen molar-refractivity contribution < 1.29 is 17.9 Å². The summed E-state index contributed by atoms with van der Waals surface area (Å²) in [7, 11) is 1.50. The second kappa shape index (κ2) is 6.10. The first kappa shape index (κ1) is 16.2. The van der Waals surface area contributed by atoms with E-state index in [2.05, 4.69) is 15.1 Å². The Morgan fingerprint density at radius 2 is 2.04 bits per heavy atom. The summed E-state index contributed by atoms with van der Waals surface area (Å²) in [5.41, 5.74) is -1.63. The molecule has 0 aromatic carbocycles. The second-order valence-electron chi connectivity index (χ2n) is 5.41. The molecule has 0 saturated carbocycles. The maximum Gasteiger partial charge on any atom is 0.435 e. The van der Waals surface area contributed by atoms with Crippen LogP contribution in [0.1, 0.15) is 5.69 Å². The molecule has 0 aliphatic carbocycles. The van der Waals surface area contributed by atoms with Gasteiger partial charge in [0.15, 0.2) is 5.69 Å². The minimum absolute atomic E-state index is 0.00603. The first-order chi connectivity index (χ1) is 11.4. The predicted molar refractivity (Wildman–Crippen MR) is 77.8 cm³/mol. The zero-order valence-corrected chi connectivity index (χ0v) is 12.7. The SMILES string of the molecule is COc1ccnc(N2CC(Cn3nc(C(F)(F)F)ccc3=O)C2)n1. The van der Waals surface area contributed by atoms with Gasteiger partial charge in [0, 0.05) is 37.3 Å². The van der Waals surface area contributed by atoms with Gasteiger partial charge in [0.1, 0.15) is 0 Å². The Kier molecular flexibility index (Phi) is 4.12. The molecule has 1 aliphatic rings. The summed E-state index contributed by atoms with van der Waals surface area (Å²) in [6, 6.07) is 3.19. The van der Waals surface area contributed by atoms with Crippen LogP contribution < -0.4 is 15.2 Å². The molecule has 128 valence electrons. The molecule has 3 heterocycles. The van der Waals surface area contributed by atoms with Gasteiger partial charge >= 0.3 is 6.18 Å². The minimum Gasteiger partial charge on any atom is -0.481 e. The number of hydrogen-bond donors (Lipinski definition) is 0. The summed E-state index contributed by atoms with van der Waals surface area (Å²) in [4.78, 5) is 21.8. The van der Waals surface area contributed by atoms with Crippen LogP contribution in [0.4, 0.5) is 19.1 Å². The van der Waals surface area contributed by atoms with Crippen LogP contribution in [0.25, 0.3) is 0 Å². The fourth-order valence-corrected chi connectivity index (χ4v) is 2.42. The fourth-order valence-electron chi connectivity index (χ4n) is 2.42. The van der Waals surface area contributed by atoms with Crippen molar-refractivity contribution in [3.8, 4) is 5.88 Å². The molecule has 0 bridgehead atoms. The van der Waals surface area contributed by atoms with Crippen LogP contribution in [-0.4, -0.2) is 39.9 Å². The normalized spacial score (nSPS) is 15.2. The third-order valence-electron chi connectivity index (χ3n) is 3.65. The molecule has 0 spiro atoms. The van der Waals surface area contributed by atoms with Crippen molar-refractivity contribution in [1.29, 1.82) is 0 Å². The van der Waals surface area contributed by atoms with Gasteiger partial charge in [-0.05, 0) is 6.07 Å². The number of halogens is 3. The Labute approximate surface area is 134 Å². The molecular weight excluding hydrogens is 327 g/mol. The highest BCUT2D eigenvalue weighted by molar-refractivity contribution is 5.35. The predicted octanol–water partition coefficient (Wildman–Crippen LogP) is 1.20. The van der Waals surface area contributed by atoms with E-state index in [0.717, 1.165) is 10.7 Å². The molecule has 0 amide bonds. The maximum absolute atomic E-state index is 12.7. The molecular formula is C14H14F3N5O2. The average Bonchev–Trinajstić information content (AvgIpc) is 2.51. The number of anilines is 1. The van der Waals surface area contributed by atoms with E-state index in [4.69, 9.17) is 4.74 Å². The van der Waals surface area contributed by atoms with Crippen molar-refractivity contribution in [3.05, 3.63) is 40.4 Å². The largest absolute Gasteiger partial charge is 0.481 e. The average molecular weight is 341 g/mol. The molecule has 0 unspecified atom stereocenters. The van der Waals surface area contributed by atoms with Crippen LogP contribution >= 0.6 is 0 Å². The number of nitrogens with zero attached hydrogens (tertiary/aromatic N) is 5. The van der Waals surface area contributed by atoms with E-state index >= 15 is 0 Å². The van der Waals surface area contributed by atoms with E-state index in [-0.39, 0.29) is 12.5 Å². The molecule has 0 N–H and O–H groups in total. The first-order valence-corrected chi connectivity index (χ1v) is 7.14. The highest BCUT2D eigenvalue weighted by atomic mass is 19.4. The molecule has 1 saturated heterocycles. The molecule has 0 radical (unpaired) electrons. The summed E-state index contributed by atoms with van der Waals surface area (Å²) in [5.74, 6) is 0.905. The third-order valence-corrected chi connectivity index (χ3v) is 3.65. The van der Waals surface area contributed by atoms with Gasteiger partial charge in [-0.3, -0.25) is 4.79 Å². The van der Waals surface area contributed by atoms with Gasteiger partial charge in [0.2, 0.25) is 11.8 Å². The quantitative estimate of drug-likeness (QED) is 0.832. The van der Waals surface area contributed by atoms with Crippen molar-refractivity contribution in [3.63, 3.8) is 0 Å². The summed E-state index contributed by atoms with van der Waals surface area (Å²) < 4.78 is 43.9. The van der Waals surface area contributed by atoms with E-state index < -0.39 is 17.4 Å². The van der Waals surface area contributed by atoms with Crippen LogP contribution in [0.15, 0.2) is 29.2 Å². The van der Waals surface area contributed by atoms with Crippen LogP contribution in [0.3, 0.4) is 0 Å². The van der Waals surface area contributed by atoms with Crippen LogP contribution in [-0.2, 0) is 12.7 Å². The number of methoxy groups -OCH3 is 1. The molecule has 3 rings (SSSR count). The molecule has 2 aromatic heterocycles. The van der Waals surface area contributed by atoms with Gasteiger partial charge in [-0.25, -0.2) is 9.67 Å². The van der Waals surface area contributed by atoms with Crippen molar-refractivity contribution in [1.82, 2.24) is 19.7 Å². The lowest BCUT2D eigenvalue weighted by molar-refractivity contribution is -0.142. The molecule has 10 heteroatoms. The lowest BCUT2D eigenvalue weighted by Crippen LogP contribution is -2.50. The summed E-state index contributed by atoms with van der Waals surface area (Å²) in [5, 5.41) is 3.40. The first-order valence-electron chi connectivity index (χ1n) is 7.14. The molecule has 1 fully saturated rings. The lowest BCUT2D eigenvalue weighted by Gasteiger charge is -2.39. The Morgan fingerprint density at radius 3 is 2.71 bits per heavy atom. The van der Waals surface area contributed by atoms with Gasteiger partial charge < -0.3 is 9.64 Å². The summed E-state index contributed by atoms with van der Waals surface area (Å²) in [6.07, 6.45) is -3.01. The summed E-state index contributed by atoms with van der Waals surface area (Å²) in [6.45, 7) is 1.16. The van der Waals surface area contributed by atoms with Crippen molar-refractivity contribution in [2.24, 2.45) is 5.92 Å². The molecule has 1 aliphatic heterocycles. The number of hydrogen-bond acceptors (Lipinski definition) is 6. The topological polar surface area (TPSA) is 73.1 Å². The Balaban J connectivity index is 1.66. The number of alkyl halides is 3. The van der Waals surface area contributed by atoms with E-state index in [1.807, 2.05) is 4.90 Å². The monoisotopic (exact) mass is 341 g/mol. The Hall–Kier alpha value is -2.65. The van der Waals surface area contributed by atoms with Gasteiger partial charge in [-0.2, -0.15) is 23.3 Å². The number of ether oxygens (including phenoxy) is 1. The van der Waals surface area contributed by atoms with Crippen LogP contribution in [0.2, 0.25) is 0 Å². The van der Waals surface area contributed by atoms with Gasteiger partial charge in [0.25, 0.3) is 5.56 Å². The second-order valence-corrected chi connectivity index (χ2v) is 5.41. The van der Waals surface area contributed by atoms with Crippen molar-refractivity contribution in [2.75, 3.05) is 25.1 Å². The molecule has 2 aromatic rings. The molecule has 7 nitrogen and oxygen atoms in total. The third kappa shape index (κ3) is 3.31. The highest BCUT2D eigenvalue weighted by Crippen LogP contribution is 2.27. The smallest absolute Gasteiger partial charge is 0.435 e. The molecule has 24 heavy (non-hydrogen) atoms. The Bertz CT molecular complexity index is 786. The van der Waals surface area contributed by atoms with Gasteiger partial charge in [0.05, 0.1) is 13.7 Å². The van der Waals surface area contributed by atoms with Crippen LogP contribution in [0, 0.1) is 5.92 Å². The van der Waals surface area contributed by atoms with E-state index in [1.165, 1.54) is 7.11 Å². The van der Waals surface area contributed by atoms with Crippen molar-refractivity contribution >= 4 is 5.95 Å². The standard InChI is InChI=1S/C14H14F3N5O2/c1-24-11-4-5-18-13(19-11)21-6-9(7-21)8-22-12(23)3-2-10(20-22)14(15,16)17/h2-5,9H,6-8H2,1H3. The fraction of sp³-hybridized carbons (Fsp3) is 0.429. The zero-order valence-electron chi connectivity index (χ0n) is 12.7. The van der Waals surface area contributed by atoms with E-state index in [0.29, 0.717) is 31.0 Å². The number of aromatic nitrogens is 4. The van der Waals surface area contributed by atoms with Gasteiger partial charge in [-0.15, -0.1) is 0 Å². The molecule has 0 atom stereocenters. The highest BCUT2D eigenvalue weighted by Gasteiger charge is 2.34. The zero-order chi connectivity index (χ0) is 17.3. The van der Waals surface area contributed by atoms with E-state index in [9.17, 15) is 18.0 Å². The maximum atomic E-state index is 12.7. The van der Waals surface area contributed by atoms with Gasteiger partial charge in [-0.1, -0.05) is 0 Å². The number of rotatable bonds is 4. The van der Waals surface area contributed by atoms with Crippen LogP contribution in [0.5, 0.6) is 5.88 Å². The van der Waals surface area contributed by atoms with Crippen molar-refractivity contribution in [2.45, 2.75) is 12.7 Å². The van der Waals surface area contributed by atoms with E-state index in [1.54, 1.807) is 12.3 Å². The minimum atomic E-state index is -4.57. The Morgan fingerprint density at radius 1 is 1.29 bits per heavy atom. The summed E-state index contributed by atoms with van der Waals surface area (Å²) >= 11 is 0.